The fraction of sp³-hybridized carbons (Fsp3) is 0.190. The monoisotopic (exact) mass is 373 g/mol. The molecule has 0 aliphatic carbocycles. The number of hydrogen-bond donors (Lipinski definition) is 1. The molecule has 0 spiro atoms. The molecule has 1 N–H and O–H groups in total. The van der Waals surface area contributed by atoms with E-state index in [0.717, 1.165) is 39.0 Å². The lowest BCUT2D eigenvalue weighted by Gasteiger charge is -2.10. The van der Waals surface area contributed by atoms with E-state index in [1.807, 2.05) is 26.0 Å². The van der Waals surface area contributed by atoms with Gasteiger partial charge in [-0.05, 0) is 55.7 Å². The zero-order chi connectivity index (χ0) is 19.5. The van der Waals surface area contributed by atoms with Gasteiger partial charge in [0.2, 0.25) is 0 Å². The zero-order valence-corrected chi connectivity index (χ0v) is 15.6. The Morgan fingerprint density at radius 3 is 2.64 bits per heavy atom. The Labute approximate surface area is 161 Å². The maximum absolute atomic E-state index is 12.7. The van der Waals surface area contributed by atoms with E-state index in [1.165, 1.54) is 0 Å². The molecule has 0 unspecified atom stereocenters. The molecular weight excluding hydrogens is 354 g/mol. The average Bonchev–Trinajstić information content (AvgIpc) is 3.05. The Morgan fingerprint density at radius 1 is 1.11 bits per heavy atom. The van der Waals surface area contributed by atoms with Crippen LogP contribution < -0.4 is 5.32 Å². The van der Waals surface area contributed by atoms with Crippen LogP contribution in [0.15, 0.2) is 53.6 Å². The fourth-order valence-electron chi connectivity index (χ4n) is 3.21. The molecule has 0 fully saturated rings. The number of carbonyl (C=O) groups excluding carboxylic acids is 1. The van der Waals surface area contributed by atoms with Gasteiger partial charge in [-0.3, -0.25) is 14.8 Å². The van der Waals surface area contributed by atoms with Crippen molar-refractivity contribution in [1.82, 2.24) is 25.4 Å². The van der Waals surface area contributed by atoms with Crippen LogP contribution in [0.1, 0.15) is 27.5 Å². The Kier molecular flexibility index (Phi) is 4.80. The van der Waals surface area contributed by atoms with Gasteiger partial charge < -0.3 is 9.84 Å². The molecule has 4 aromatic rings. The molecule has 28 heavy (non-hydrogen) atoms. The minimum Gasteiger partial charge on any atom is -0.361 e. The third-order valence-electron chi connectivity index (χ3n) is 4.68. The highest BCUT2D eigenvalue weighted by Gasteiger charge is 2.14. The van der Waals surface area contributed by atoms with E-state index in [2.05, 4.69) is 25.4 Å². The van der Waals surface area contributed by atoms with Crippen molar-refractivity contribution in [2.24, 2.45) is 0 Å². The third-order valence-corrected chi connectivity index (χ3v) is 4.68. The van der Waals surface area contributed by atoms with E-state index in [9.17, 15) is 4.79 Å². The normalized spacial score (nSPS) is 10.9. The molecule has 0 saturated carbocycles. The lowest BCUT2D eigenvalue weighted by Crippen LogP contribution is -2.26. The summed E-state index contributed by atoms with van der Waals surface area (Å²) < 4.78 is 5.16. The van der Waals surface area contributed by atoms with Crippen molar-refractivity contribution in [3.05, 3.63) is 71.8 Å². The first-order chi connectivity index (χ1) is 13.6. The molecule has 0 atom stereocenters. The van der Waals surface area contributed by atoms with Crippen LogP contribution in [0.25, 0.3) is 22.0 Å². The predicted molar refractivity (Wildman–Crippen MR) is 105 cm³/mol. The highest BCUT2D eigenvalue weighted by molar-refractivity contribution is 6.00. The number of rotatable bonds is 5. The Hall–Kier alpha value is -3.61. The fourth-order valence-corrected chi connectivity index (χ4v) is 3.21. The van der Waals surface area contributed by atoms with E-state index in [1.54, 1.807) is 36.9 Å². The van der Waals surface area contributed by atoms with Crippen LogP contribution in [0.5, 0.6) is 0 Å². The second-order valence-electron chi connectivity index (χ2n) is 6.49. The van der Waals surface area contributed by atoms with Gasteiger partial charge in [-0.1, -0.05) is 5.16 Å². The summed E-state index contributed by atoms with van der Waals surface area (Å²) >= 11 is 0. The standard InChI is InChI=1S/C21H19N5O2/c1-13-16(14(2)28-26-13)5-10-24-21(27)20-11-17(15-3-7-22-8-4-15)18-12-23-9-6-19(18)25-20/h3-4,6-9,11-12H,5,10H2,1-2H3,(H,24,27). The average molecular weight is 373 g/mol. The van der Waals surface area contributed by atoms with Crippen molar-refractivity contribution in [3.8, 4) is 11.1 Å². The summed E-state index contributed by atoms with van der Waals surface area (Å²) in [5.74, 6) is 0.559. The van der Waals surface area contributed by atoms with E-state index in [0.29, 0.717) is 18.7 Å². The van der Waals surface area contributed by atoms with Crippen molar-refractivity contribution in [2.45, 2.75) is 20.3 Å². The summed E-state index contributed by atoms with van der Waals surface area (Å²) in [5, 5.41) is 7.77. The van der Waals surface area contributed by atoms with Crippen molar-refractivity contribution in [3.63, 3.8) is 0 Å². The summed E-state index contributed by atoms with van der Waals surface area (Å²) in [4.78, 5) is 25.5. The van der Waals surface area contributed by atoms with Gasteiger partial charge in [-0.25, -0.2) is 4.98 Å². The molecule has 7 nitrogen and oxygen atoms in total. The van der Waals surface area contributed by atoms with Gasteiger partial charge in [0.25, 0.3) is 5.91 Å². The van der Waals surface area contributed by atoms with E-state index in [4.69, 9.17) is 4.52 Å². The summed E-state index contributed by atoms with van der Waals surface area (Å²) in [7, 11) is 0. The molecule has 0 radical (unpaired) electrons. The quantitative estimate of drug-likeness (QED) is 0.577. The van der Waals surface area contributed by atoms with Gasteiger partial charge in [0.05, 0.1) is 11.2 Å². The Bertz CT molecular complexity index is 1120. The molecule has 4 aromatic heterocycles. The van der Waals surface area contributed by atoms with Crippen LogP contribution in [0, 0.1) is 13.8 Å². The largest absolute Gasteiger partial charge is 0.361 e. The third kappa shape index (κ3) is 3.46. The van der Waals surface area contributed by atoms with Crippen LogP contribution >= 0.6 is 0 Å². The lowest BCUT2D eigenvalue weighted by molar-refractivity contribution is 0.0949. The number of aryl methyl sites for hydroxylation is 2. The van der Waals surface area contributed by atoms with Crippen LogP contribution in [0.4, 0.5) is 0 Å². The molecule has 0 aliphatic heterocycles. The second-order valence-corrected chi connectivity index (χ2v) is 6.49. The molecule has 4 heterocycles. The first-order valence-electron chi connectivity index (χ1n) is 8.98. The maximum atomic E-state index is 12.7. The van der Waals surface area contributed by atoms with Crippen LogP contribution in [0.2, 0.25) is 0 Å². The van der Waals surface area contributed by atoms with Crippen LogP contribution in [-0.4, -0.2) is 32.6 Å². The van der Waals surface area contributed by atoms with Gasteiger partial charge in [-0.2, -0.15) is 0 Å². The smallest absolute Gasteiger partial charge is 0.269 e. The minimum absolute atomic E-state index is 0.222. The number of carbonyl (C=O) groups is 1. The zero-order valence-electron chi connectivity index (χ0n) is 15.6. The van der Waals surface area contributed by atoms with E-state index < -0.39 is 0 Å². The number of fused-ring (bicyclic) bond motifs is 1. The van der Waals surface area contributed by atoms with Crippen molar-refractivity contribution < 1.29 is 9.32 Å². The first kappa shape index (κ1) is 17.8. The topological polar surface area (TPSA) is 93.8 Å². The van der Waals surface area contributed by atoms with Gasteiger partial charge in [0.1, 0.15) is 11.5 Å². The summed E-state index contributed by atoms with van der Waals surface area (Å²) in [6.07, 6.45) is 7.53. The second kappa shape index (κ2) is 7.56. The molecule has 0 saturated heterocycles. The van der Waals surface area contributed by atoms with Gasteiger partial charge in [-0.15, -0.1) is 0 Å². The van der Waals surface area contributed by atoms with Crippen molar-refractivity contribution in [1.29, 1.82) is 0 Å². The minimum atomic E-state index is -0.222. The number of nitrogens with one attached hydrogen (secondary N) is 1. The van der Waals surface area contributed by atoms with E-state index >= 15 is 0 Å². The van der Waals surface area contributed by atoms with Gasteiger partial charge in [0.15, 0.2) is 0 Å². The summed E-state index contributed by atoms with van der Waals surface area (Å²) in [6.45, 7) is 4.24. The SMILES string of the molecule is Cc1noc(C)c1CCNC(=O)c1cc(-c2ccncc2)c2cnccc2n1. The highest BCUT2D eigenvalue weighted by atomic mass is 16.5. The molecular formula is C21H19N5O2. The summed E-state index contributed by atoms with van der Waals surface area (Å²) in [5.41, 5.74) is 4.82. The number of amides is 1. The van der Waals surface area contributed by atoms with Gasteiger partial charge in [0, 0.05) is 42.3 Å². The van der Waals surface area contributed by atoms with E-state index in [-0.39, 0.29) is 5.91 Å². The van der Waals surface area contributed by atoms with Crippen LogP contribution in [0.3, 0.4) is 0 Å². The lowest BCUT2D eigenvalue weighted by atomic mass is 10.0. The van der Waals surface area contributed by atoms with Crippen LogP contribution in [-0.2, 0) is 6.42 Å². The highest BCUT2D eigenvalue weighted by Crippen LogP contribution is 2.27. The number of nitrogens with zero attached hydrogens (tertiary/aromatic N) is 4. The molecule has 140 valence electrons. The molecule has 0 bridgehead atoms. The predicted octanol–water partition coefficient (Wildman–Crippen LogP) is 3.27. The number of aromatic nitrogens is 4. The Balaban J connectivity index is 1.60. The molecule has 0 aromatic carbocycles. The molecule has 0 aliphatic rings. The summed E-state index contributed by atoms with van der Waals surface area (Å²) in [6, 6.07) is 7.41. The molecule has 4 rings (SSSR count). The molecule has 1 amide bonds. The van der Waals surface area contributed by atoms with Crippen molar-refractivity contribution >= 4 is 16.8 Å². The number of hydrogen-bond acceptors (Lipinski definition) is 6. The first-order valence-corrected chi connectivity index (χ1v) is 8.98. The Morgan fingerprint density at radius 2 is 1.89 bits per heavy atom. The number of pyridine rings is 3. The maximum Gasteiger partial charge on any atom is 0.269 e. The van der Waals surface area contributed by atoms with Gasteiger partial charge >= 0.3 is 0 Å². The molecule has 7 heteroatoms. The van der Waals surface area contributed by atoms with Crippen molar-refractivity contribution in [2.75, 3.05) is 6.54 Å².